The van der Waals surface area contributed by atoms with Crippen LogP contribution in [0.25, 0.3) is 11.3 Å². The number of carbonyl (C=O) groups is 1. The normalized spacial score (nSPS) is 10.6. The number of hydrogen-bond donors (Lipinski definition) is 0. The lowest BCUT2D eigenvalue weighted by atomic mass is 10.1. The van der Waals surface area contributed by atoms with Gasteiger partial charge in [0, 0.05) is 17.9 Å². The van der Waals surface area contributed by atoms with Gasteiger partial charge in [0.25, 0.3) is 0 Å². The third-order valence-corrected chi connectivity index (χ3v) is 3.80. The van der Waals surface area contributed by atoms with E-state index in [0.717, 1.165) is 11.3 Å². The van der Waals surface area contributed by atoms with Crippen molar-refractivity contribution < 1.29 is 9.90 Å². The highest BCUT2D eigenvalue weighted by molar-refractivity contribution is 5.85. The van der Waals surface area contributed by atoms with E-state index in [9.17, 15) is 9.90 Å². The Hall–Kier alpha value is -2.81. The Bertz CT molecular complexity index is 786. The lowest BCUT2D eigenvalue weighted by molar-refractivity contribution is -0.255. The summed E-state index contributed by atoms with van der Waals surface area (Å²) in [6.07, 6.45) is 0. The molecule has 0 unspecified atom stereocenters. The van der Waals surface area contributed by atoms with E-state index >= 15 is 0 Å². The zero-order valence-corrected chi connectivity index (χ0v) is 12.3. The zero-order chi connectivity index (χ0) is 15.5. The van der Waals surface area contributed by atoms with Crippen molar-refractivity contribution in [1.82, 2.24) is 4.57 Å². The second-order valence-electron chi connectivity index (χ2n) is 5.30. The van der Waals surface area contributed by atoms with E-state index in [1.165, 1.54) is 11.3 Å². The predicted molar refractivity (Wildman–Crippen MR) is 84.5 cm³/mol. The van der Waals surface area contributed by atoms with Crippen LogP contribution in [-0.4, -0.2) is 10.5 Å². The van der Waals surface area contributed by atoms with Crippen LogP contribution in [0.3, 0.4) is 0 Å². The molecule has 3 nitrogen and oxygen atoms in total. The number of carboxylic acids is 1. The molecule has 0 N–H and O–H groups in total. The standard InChI is InChI=1S/C19H17NO2/c1-14-7-12-18(16-5-3-2-4-6-16)20(14)13-15-8-10-17(11-9-15)19(21)22/h2-12H,13H2,1H3,(H,21,22)/p-1. The minimum Gasteiger partial charge on any atom is -0.545 e. The highest BCUT2D eigenvalue weighted by Gasteiger charge is 2.08. The van der Waals surface area contributed by atoms with E-state index < -0.39 is 5.97 Å². The van der Waals surface area contributed by atoms with Crippen LogP contribution in [0, 0.1) is 6.92 Å². The van der Waals surface area contributed by atoms with Gasteiger partial charge in [-0.15, -0.1) is 0 Å². The molecule has 0 aliphatic carbocycles. The topological polar surface area (TPSA) is 45.1 Å². The van der Waals surface area contributed by atoms with Crippen molar-refractivity contribution in [1.29, 1.82) is 0 Å². The maximum atomic E-state index is 10.8. The Labute approximate surface area is 129 Å². The van der Waals surface area contributed by atoms with Gasteiger partial charge in [-0.2, -0.15) is 0 Å². The lowest BCUT2D eigenvalue weighted by Crippen LogP contribution is -2.22. The number of hydrogen-bond acceptors (Lipinski definition) is 2. The first-order valence-corrected chi connectivity index (χ1v) is 7.17. The number of aromatic nitrogens is 1. The molecule has 0 amide bonds. The summed E-state index contributed by atoms with van der Waals surface area (Å²) >= 11 is 0. The first-order valence-electron chi connectivity index (χ1n) is 7.17. The minimum atomic E-state index is -1.14. The van der Waals surface area contributed by atoms with Crippen molar-refractivity contribution in [2.75, 3.05) is 0 Å². The maximum Gasteiger partial charge on any atom is 0.0715 e. The smallest absolute Gasteiger partial charge is 0.0715 e. The van der Waals surface area contributed by atoms with Crippen LogP contribution in [-0.2, 0) is 6.54 Å². The van der Waals surface area contributed by atoms with E-state index in [4.69, 9.17) is 0 Å². The fourth-order valence-corrected chi connectivity index (χ4v) is 2.57. The average molecular weight is 290 g/mol. The van der Waals surface area contributed by atoms with E-state index in [0.29, 0.717) is 6.54 Å². The van der Waals surface area contributed by atoms with Crippen LogP contribution < -0.4 is 5.11 Å². The van der Waals surface area contributed by atoms with Crippen LogP contribution >= 0.6 is 0 Å². The van der Waals surface area contributed by atoms with Gasteiger partial charge in [0.15, 0.2) is 0 Å². The van der Waals surface area contributed by atoms with Gasteiger partial charge in [-0.25, -0.2) is 0 Å². The molecule has 0 bridgehead atoms. The summed E-state index contributed by atoms with van der Waals surface area (Å²) in [5.41, 5.74) is 4.75. The first kappa shape index (κ1) is 14.1. The van der Waals surface area contributed by atoms with Crippen molar-refractivity contribution in [3.05, 3.63) is 83.6 Å². The van der Waals surface area contributed by atoms with Crippen molar-refractivity contribution in [2.24, 2.45) is 0 Å². The summed E-state index contributed by atoms with van der Waals surface area (Å²) in [4.78, 5) is 10.8. The van der Waals surface area contributed by atoms with Gasteiger partial charge >= 0.3 is 0 Å². The quantitative estimate of drug-likeness (QED) is 0.741. The summed E-state index contributed by atoms with van der Waals surface area (Å²) < 4.78 is 2.23. The van der Waals surface area contributed by atoms with Gasteiger partial charge in [0.2, 0.25) is 0 Å². The molecule has 0 radical (unpaired) electrons. The SMILES string of the molecule is Cc1ccc(-c2ccccc2)n1Cc1ccc(C(=O)[O-])cc1. The molecule has 0 atom stereocenters. The molecule has 2 aromatic carbocycles. The van der Waals surface area contributed by atoms with Gasteiger partial charge in [-0.05, 0) is 35.7 Å². The Morgan fingerprint density at radius 2 is 1.64 bits per heavy atom. The second kappa shape index (κ2) is 5.90. The summed E-state index contributed by atoms with van der Waals surface area (Å²) in [7, 11) is 0. The largest absolute Gasteiger partial charge is 0.545 e. The number of aryl methyl sites for hydroxylation is 1. The monoisotopic (exact) mass is 290 g/mol. The molecular weight excluding hydrogens is 274 g/mol. The lowest BCUT2D eigenvalue weighted by Gasteiger charge is -2.13. The first-order chi connectivity index (χ1) is 10.6. The van der Waals surface area contributed by atoms with Crippen LogP contribution in [0.5, 0.6) is 0 Å². The van der Waals surface area contributed by atoms with Gasteiger partial charge in [-0.1, -0.05) is 54.6 Å². The van der Waals surface area contributed by atoms with Crippen molar-refractivity contribution >= 4 is 5.97 Å². The molecule has 3 rings (SSSR count). The number of carboxylic acid groups (broad SMARTS) is 1. The van der Waals surface area contributed by atoms with E-state index in [1.54, 1.807) is 12.1 Å². The van der Waals surface area contributed by atoms with Crippen LogP contribution in [0.4, 0.5) is 0 Å². The molecule has 0 spiro atoms. The highest BCUT2D eigenvalue weighted by atomic mass is 16.4. The Morgan fingerprint density at radius 1 is 0.955 bits per heavy atom. The van der Waals surface area contributed by atoms with E-state index in [-0.39, 0.29) is 5.56 Å². The van der Waals surface area contributed by atoms with Crippen molar-refractivity contribution in [3.8, 4) is 11.3 Å². The van der Waals surface area contributed by atoms with Gasteiger partial charge in [-0.3, -0.25) is 0 Å². The number of carbonyl (C=O) groups excluding carboxylic acids is 1. The van der Waals surface area contributed by atoms with Crippen molar-refractivity contribution in [3.63, 3.8) is 0 Å². The number of rotatable bonds is 4. The van der Waals surface area contributed by atoms with Crippen LogP contribution in [0.15, 0.2) is 66.7 Å². The molecule has 1 heterocycles. The second-order valence-corrected chi connectivity index (χ2v) is 5.30. The molecule has 110 valence electrons. The van der Waals surface area contributed by atoms with Gasteiger partial charge < -0.3 is 14.5 Å². The van der Waals surface area contributed by atoms with Crippen molar-refractivity contribution in [2.45, 2.75) is 13.5 Å². The third kappa shape index (κ3) is 2.79. The molecule has 22 heavy (non-hydrogen) atoms. The molecule has 1 aromatic heterocycles. The molecule has 3 aromatic rings. The highest BCUT2D eigenvalue weighted by Crippen LogP contribution is 2.23. The molecule has 3 heteroatoms. The Kier molecular flexibility index (Phi) is 3.79. The van der Waals surface area contributed by atoms with Crippen LogP contribution in [0.1, 0.15) is 21.6 Å². The molecule has 0 aliphatic rings. The van der Waals surface area contributed by atoms with Crippen LogP contribution in [0.2, 0.25) is 0 Å². The van der Waals surface area contributed by atoms with Gasteiger partial charge in [0.05, 0.1) is 5.97 Å². The molecule has 0 saturated carbocycles. The third-order valence-electron chi connectivity index (χ3n) is 3.80. The summed E-state index contributed by atoms with van der Waals surface area (Å²) in [5.74, 6) is -1.14. The predicted octanol–water partition coefficient (Wildman–Crippen LogP) is 2.88. The Morgan fingerprint density at radius 3 is 2.27 bits per heavy atom. The molecular formula is C19H16NO2-. The number of aromatic carboxylic acids is 1. The van der Waals surface area contributed by atoms with Gasteiger partial charge in [0.1, 0.15) is 0 Å². The summed E-state index contributed by atoms with van der Waals surface area (Å²) in [5, 5.41) is 10.8. The minimum absolute atomic E-state index is 0.205. The fourth-order valence-electron chi connectivity index (χ4n) is 2.57. The molecule has 0 fully saturated rings. The zero-order valence-electron chi connectivity index (χ0n) is 12.3. The average Bonchev–Trinajstić information content (AvgIpc) is 2.90. The summed E-state index contributed by atoms with van der Waals surface area (Å²) in [6, 6.07) is 21.3. The summed E-state index contributed by atoms with van der Waals surface area (Å²) in [6.45, 7) is 2.78. The van der Waals surface area contributed by atoms with E-state index in [2.05, 4.69) is 35.8 Å². The molecule has 0 aliphatic heterocycles. The Balaban J connectivity index is 1.92. The van der Waals surface area contributed by atoms with E-state index in [1.807, 2.05) is 30.3 Å². The number of benzene rings is 2. The maximum absolute atomic E-state index is 10.8. The molecule has 0 saturated heterocycles. The number of nitrogens with zero attached hydrogens (tertiary/aromatic N) is 1. The fraction of sp³-hybridized carbons (Fsp3) is 0.105.